The molecule has 0 radical (unpaired) electrons. The van der Waals surface area contributed by atoms with Gasteiger partial charge < -0.3 is 14.5 Å². The van der Waals surface area contributed by atoms with Gasteiger partial charge in [-0.2, -0.15) is 0 Å². The second-order valence-electron chi connectivity index (χ2n) is 6.33. The van der Waals surface area contributed by atoms with E-state index in [1.54, 1.807) is 42.5 Å². The zero-order chi connectivity index (χ0) is 19.9. The molecule has 0 atom stereocenters. The Morgan fingerprint density at radius 2 is 1.93 bits per heavy atom. The van der Waals surface area contributed by atoms with E-state index in [1.165, 1.54) is 0 Å². The van der Waals surface area contributed by atoms with Crippen LogP contribution in [-0.4, -0.2) is 12.5 Å². The highest BCUT2D eigenvalue weighted by Gasteiger charge is 2.14. The first kappa shape index (κ1) is 20.3. The molecule has 0 spiro atoms. The molecule has 0 aliphatic heterocycles. The molecule has 0 aliphatic carbocycles. The number of nitrogens with one attached hydrogen (secondary N) is 1. The van der Waals surface area contributed by atoms with Gasteiger partial charge in [0.05, 0.1) is 17.3 Å². The van der Waals surface area contributed by atoms with Gasteiger partial charge in [0.25, 0.3) is 5.91 Å². The van der Waals surface area contributed by atoms with Crippen molar-refractivity contribution in [1.29, 1.82) is 0 Å². The number of benzene rings is 2. The van der Waals surface area contributed by atoms with Crippen LogP contribution < -0.4 is 10.1 Å². The SMILES string of the molecule is CCCCOc1ccc(Cl)cc1Cc1ccc(C(=O)Nc2ccccc2Cl)o1. The molecule has 4 nitrogen and oxygen atoms in total. The Morgan fingerprint density at radius 3 is 2.71 bits per heavy atom. The van der Waals surface area contributed by atoms with Gasteiger partial charge in [0.15, 0.2) is 5.76 Å². The zero-order valence-electron chi connectivity index (χ0n) is 15.5. The van der Waals surface area contributed by atoms with Crippen LogP contribution in [0.3, 0.4) is 0 Å². The Hall–Kier alpha value is -2.43. The molecule has 0 fully saturated rings. The van der Waals surface area contributed by atoms with Crippen molar-refractivity contribution in [2.75, 3.05) is 11.9 Å². The summed E-state index contributed by atoms with van der Waals surface area (Å²) in [6, 6.07) is 16.0. The minimum atomic E-state index is -0.357. The van der Waals surface area contributed by atoms with Gasteiger partial charge in [-0.25, -0.2) is 0 Å². The summed E-state index contributed by atoms with van der Waals surface area (Å²) in [7, 11) is 0. The summed E-state index contributed by atoms with van der Waals surface area (Å²) >= 11 is 12.2. The number of unbranched alkanes of at least 4 members (excludes halogenated alkanes) is 1. The molecule has 146 valence electrons. The first-order chi connectivity index (χ1) is 13.6. The predicted octanol–water partition coefficient (Wildman–Crippen LogP) is 6.61. The number of para-hydroxylation sites is 1. The van der Waals surface area contributed by atoms with Crippen LogP contribution in [-0.2, 0) is 6.42 Å². The highest BCUT2D eigenvalue weighted by Crippen LogP contribution is 2.27. The van der Waals surface area contributed by atoms with E-state index in [2.05, 4.69) is 12.2 Å². The molecule has 1 N–H and O–H groups in total. The lowest BCUT2D eigenvalue weighted by Crippen LogP contribution is -2.11. The van der Waals surface area contributed by atoms with Crippen molar-refractivity contribution in [3.05, 3.63) is 81.7 Å². The van der Waals surface area contributed by atoms with E-state index in [4.69, 9.17) is 32.4 Å². The number of halogens is 2. The summed E-state index contributed by atoms with van der Waals surface area (Å²) in [6.45, 7) is 2.76. The first-order valence-corrected chi connectivity index (χ1v) is 9.88. The maximum Gasteiger partial charge on any atom is 0.291 e. The van der Waals surface area contributed by atoms with E-state index in [0.29, 0.717) is 34.5 Å². The lowest BCUT2D eigenvalue weighted by atomic mass is 10.1. The topological polar surface area (TPSA) is 51.5 Å². The summed E-state index contributed by atoms with van der Waals surface area (Å²) < 4.78 is 11.6. The fourth-order valence-electron chi connectivity index (χ4n) is 2.68. The number of carbonyl (C=O) groups excluding carboxylic acids is 1. The highest BCUT2D eigenvalue weighted by molar-refractivity contribution is 6.33. The number of furan rings is 1. The van der Waals surface area contributed by atoms with Crippen LogP contribution in [0, 0.1) is 0 Å². The highest BCUT2D eigenvalue weighted by atomic mass is 35.5. The number of carbonyl (C=O) groups is 1. The average Bonchev–Trinajstić information content (AvgIpc) is 3.14. The van der Waals surface area contributed by atoms with Gasteiger partial charge in [0.2, 0.25) is 0 Å². The van der Waals surface area contributed by atoms with Crippen LogP contribution >= 0.6 is 23.2 Å². The van der Waals surface area contributed by atoms with Gasteiger partial charge in [0.1, 0.15) is 11.5 Å². The molecule has 3 rings (SSSR count). The van der Waals surface area contributed by atoms with E-state index in [9.17, 15) is 4.79 Å². The summed E-state index contributed by atoms with van der Waals surface area (Å²) in [4.78, 5) is 12.4. The van der Waals surface area contributed by atoms with Crippen LogP contribution in [0.5, 0.6) is 5.75 Å². The van der Waals surface area contributed by atoms with Gasteiger partial charge in [-0.05, 0) is 48.9 Å². The second-order valence-corrected chi connectivity index (χ2v) is 7.17. The molecule has 0 saturated carbocycles. The molecule has 3 aromatic rings. The molecule has 1 aromatic heterocycles. The minimum absolute atomic E-state index is 0.213. The molecule has 0 saturated heterocycles. The number of amides is 1. The van der Waals surface area contributed by atoms with Crippen molar-refractivity contribution in [3.63, 3.8) is 0 Å². The van der Waals surface area contributed by atoms with Crippen LogP contribution in [0.4, 0.5) is 5.69 Å². The molecular formula is C22H21Cl2NO3. The third kappa shape index (κ3) is 5.31. The minimum Gasteiger partial charge on any atom is -0.493 e. The molecule has 0 aliphatic rings. The summed E-state index contributed by atoms with van der Waals surface area (Å²) in [6.07, 6.45) is 2.52. The number of hydrogen-bond acceptors (Lipinski definition) is 3. The molecular weight excluding hydrogens is 397 g/mol. The Bertz CT molecular complexity index is 952. The lowest BCUT2D eigenvalue weighted by molar-refractivity contribution is 0.0995. The maximum atomic E-state index is 12.4. The molecule has 2 aromatic carbocycles. The van der Waals surface area contributed by atoms with E-state index < -0.39 is 0 Å². The molecule has 28 heavy (non-hydrogen) atoms. The second kappa shape index (κ2) is 9.67. The van der Waals surface area contributed by atoms with E-state index >= 15 is 0 Å². The Morgan fingerprint density at radius 1 is 1.11 bits per heavy atom. The Balaban J connectivity index is 1.71. The summed E-state index contributed by atoms with van der Waals surface area (Å²) in [5.74, 6) is 1.28. The zero-order valence-corrected chi connectivity index (χ0v) is 17.0. The quantitative estimate of drug-likeness (QED) is 0.419. The molecule has 6 heteroatoms. The van der Waals surface area contributed by atoms with Gasteiger partial charge in [-0.1, -0.05) is 48.7 Å². The average molecular weight is 418 g/mol. The largest absolute Gasteiger partial charge is 0.493 e. The van der Waals surface area contributed by atoms with Gasteiger partial charge in [0, 0.05) is 17.0 Å². The van der Waals surface area contributed by atoms with Crippen molar-refractivity contribution >= 4 is 34.8 Å². The molecule has 1 heterocycles. The molecule has 1 amide bonds. The third-order valence-corrected chi connectivity index (χ3v) is 4.71. The van der Waals surface area contributed by atoms with Crippen LogP contribution in [0.25, 0.3) is 0 Å². The van der Waals surface area contributed by atoms with E-state index in [1.807, 2.05) is 12.1 Å². The normalized spacial score (nSPS) is 10.7. The third-order valence-electron chi connectivity index (χ3n) is 4.15. The smallest absolute Gasteiger partial charge is 0.291 e. The van der Waals surface area contributed by atoms with Crippen molar-refractivity contribution < 1.29 is 13.9 Å². The van der Waals surface area contributed by atoms with Gasteiger partial charge in [-0.15, -0.1) is 0 Å². The summed E-state index contributed by atoms with van der Waals surface area (Å²) in [5.41, 5.74) is 1.45. The number of hydrogen-bond donors (Lipinski definition) is 1. The van der Waals surface area contributed by atoms with Gasteiger partial charge in [-0.3, -0.25) is 4.79 Å². The standard InChI is InChI=1S/C22H21Cl2NO3/c1-2-3-12-27-20-10-8-16(23)13-15(20)14-17-9-11-21(28-17)22(26)25-19-7-5-4-6-18(19)24/h4-11,13H,2-3,12,14H2,1H3,(H,25,26). The number of rotatable bonds is 8. The van der Waals surface area contributed by atoms with Crippen molar-refractivity contribution in [1.82, 2.24) is 0 Å². The van der Waals surface area contributed by atoms with Crippen molar-refractivity contribution in [2.24, 2.45) is 0 Å². The van der Waals surface area contributed by atoms with Crippen molar-refractivity contribution in [2.45, 2.75) is 26.2 Å². The molecule has 0 bridgehead atoms. The first-order valence-electron chi connectivity index (χ1n) is 9.12. The fourth-order valence-corrected chi connectivity index (χ4v) is 3.06. The molecule has 0 unspecified atom stereocenters. The lowest BCUT2D eigenvalue weighted by Gasteiger charge is -2.11. The van der Waals surface area contributed by atoms with Crippen LogP contribution in [0.1, 0.15) is 41.6 Å². The number of anilines is 1. The maximum absolute atomic E-state index is 12.4. The van der Waals surface area contributed by atoms with Crippen LogP contribution in [0.2, 0.25) is 10.0 Å². The number of ether oxygens (including phenoxy) is 1. The Labute approximate surface area is 174 Å². The van der Waals surface area contributed by atoms with Crippen molar-refractivity contribution in [3.8, 4) is 5.75 Å². The monoisotopic (exact) mass is 417 g/mol. The Kier molecular flexibility index (Phi) is 7.01. The van der Waals surface area contributed by atoms with E-state index in [0.717, 1.165) is 24.2 Å². The van der Waals surface area contributed by atoms with Crippen LogP contribution in [0.15, 0.2) is 59.0 Å². The van der Waals surface area contributed by atoms with E-state index in [-0.39, 0.29) is 11.7 Å². The fraction of sp³-hybridized carbons (Fsp3) is 0.227. The van der Waals surface area contributed by atoms with Gasteiger partial charge >= 0.3 is 0 Å². The predicted molar refractivity (Wildman–Crippen MR) is 113 cm³/mol. The summed E-state index contributed by atoms with van der Waals surface area (Å²) in [5, 5.41) is 3.84.